The van der Waals surface area contributed by atoms with E-state index in [1.165, 1.54) is 9.13 Å². The van der Waals surface area contributed by atoms with Crippen LogP contribution < -0.4 is 26.0 Å². The molecule has 0 radical (unpaired) electrons. The van der Waals surface area contributed by atoms with Crippen molar-refractivity contribution in [2.45, 2.75) is 53.1 Å². The topological polar surface area (TPSA) is 91.6 Å². The highest BCUT2D eigenvalue weighted by Crippen LogP contribution is 2.28. The molecule has 1 aromatic heterocycles. The third-order valence-electron chi connectivity index (χ3n) is 5.76. The van der Waals surface area contributed by atoms with Gasteiger partial charge in [0.1, 0.15) is 6.54 Å². The van der Waals surface area contributed by atoms with Gasteiger partial charge < -0.3 is 14.8 Å². The van der Waals surface area contributed by atoms with E-state index in [0.29, 0.717) is 55.0 Å². The van der Waals surface area contributed by atoms with Crippen LogP contribution in [-0.2, 0) is 17.8 Å². The summed E-state index contributed by atoms with van der Waals surface area (Å²) in [5.41, 5.74) is 0.661. The number of nitrogens with one attached hydrogen (secondary N) is 1. The number of hydrogen-bond donors (Lipinski definition) is 1. The van der Waals surface area contributed by atoms with Crippen LogP contribution in [0.4, 0.5) is 0 Å². The number of nitrogens with zero attached hydrogens (tertiary/aromatic N) is 2. The molecule has 0 bridgehead atoms. The van der Waals surface area contributed by atoms with Gasteiger partial charge in [0.05, 0.1) is 24.1 Å². The first-order valence-electron chi connectivity index (χ1n) is 11.8. The van der Waals surface area contributed by atoms with E-state index in [2.05, 4.69) is 5.32 Å². The second-order valence-corrected chi connectivity index (χ2v) is 8.07. The van der Waals surface area contributed by atoms with E-state index in [9.17, 15) is 14.4 Å². The molecule has 8 nitrogen and oxygen atoms in total. The molecule has 0 aliphatic heterocycles. The van der Waals surface area contributed by atoms with Crippen molar-refractivity contribution in [1.29, 1.82) is 0 Å². The van der Waals surface area contributed by atoms with Crippen molar-refractivity contribution in [2.75, 3.05) is 19.8 Å². The van der Waals surface area contributed by atoms with E-state index < -0.39 is 5.69 Å². The second kappa shape index (κ2) is 11.5. The van der Waals surface area contributed by atoms with Gasteiger partial charge in [-0.05, 0) is 63.4 Å². The minimum atomic E-state index is -0.471. The number of hydrogen-bond acceptors (Lipinski definition) is 5. The number of amides is 1. The third kappa shape index (κ3) is 5.50. The number of benzene rings is 2. The van der Waals surface area contributed by atoms with Gasteiger partial charge in [0.15, 0.2) is 11.5 Å². The number of para-hydroxylation sites is 1. The number of rotatable bonds is 11. The van der Waals surface area contributed by atoms with Crippen LogP contribution in [0.3, 0.4) is 0 Å². The maximum atomic E-state index is 13.1. The van der Waals surface area contributed by atoms with E-state index >= 15 is 0 Å². The molecule has 0 aliphatic carbocycles. The van der Waals surface area contributed by atoms with E-state index in [1.54, 1.807) is 24.3 Å². The van der Waals surface area contributed by atoms with E-state index in [0.717, 1.165) is 5.56 Å². The van der Waals surface area contributed by atoms with Crippen molar-refractivity contribution >= 4 is 16.8 Å². The summed E-state index contributed by atoms with van der Waals surface area (Å²) in [6, 6.07) is 12.4. The van der Waals surface area contributed by atoms with Crippen molar-refractivity contribution in [1.82, 2.24) is 14.5 Å². The molecule has 3 aromatic rings. The molecule has 3 rings (SSSR count). The Hall–Kier alpha value is -3.55. The summed E-state index contributed by atoms with van der Waals surface area (Å²) in [6.07, 6.45) is 1.23. The van der Waals surface area contributed by atoms with Gasteiger partial charge in [-0.25, -0.2) is 4.79 Å². The number of aromatic nitrogens is 2. The number of fused-ring (bicyclic) bond motifs is 1. The van der Waals surface area contributed by atoms with Gasteiger partial charge in [0.25, 0.3) is 5.56 Å². The molecule has 182 valence electrons. The molecule has 1 amide bonds. The molecule has 2 aromatic carbocycles. The standard InChI is InChI=1S/C26H33N3O5/c1-5-18(4)29-25(31)20-10-8-9-11-21(20)28(26(29)32)17-24(30)27-15-14-19-12-13-22(33-6-2)23(16-19)34-7-3/h8-13,16,18H,5-7,14-15,17H2,1-4H3,(H,27,30). The summed E-state index contributed by atoms with van der Waals surface area (Å²) in [4.78, 5) is 38.8. The highest BCUT2D eigenvalue weighted by Gasteiger charge is 2.18. The number of carbonyl (C=O) groups is 1. The molecule has 8 heteroatoms. The largest absolute Gasteiger partial charge is 0.490 e. The van der Waals surface area contributed by atoms with E-state index in [4.69, 9.17) is 9.47 Å². The summed E-state index contributed by atoms with van der Waals surface area (Å²) in [5, 5.41) is 3.31. The highest BCUT2D eigenvalue weighted by molar-refractivity contribution is 5.81. The Bertz CT molecular complexity index is 1260. The van der Waals surface area contributed by atoms with Gasteiger partial charge in [-0.1, -0.05) is 25.1 Å². The number of carbonyl (C=O) groups excluding carboxylic acids is 1. The summed E-state index contributed by atoms with van der Waals surface area (Å²) < 4.78 is 13.9. The summed E-state index contributed by atoms with van der Waals surface area (Å²) >= 11 is 0. The normalized spacial score (nSPS) is 11.9. The minimum absolute atomic E-state index is 0.163. The Labute approximate surface area is 199 Å². The van der Waals surface area contributed by atoms with Crippen molar-refractivity contribution in [2.24, 2.45) is 0 Å². The van der Waals surface area contributed by atoms with Crippen LogP contribution in [0.15, 0.2) is 52.1 Å². The zero-order valence-corrected chi connectivity index (χ0v) is 20.3. The van der Waals surface area contributed by atoms with Crippen LogP contribution in [0.1, 0.15) is 45.7 Å². The van der Waals surface area contributed by atoms with Crippen LogP contribution in [0.5, 0.6) is 11.5 Å². The molecule has 0 fully saturated rings. The van der Waals surface area contributed by atoms with E-state index in [1.807, 2.05) is 45.9 Å². The molecule has 0 saturated carbocycles. The molecule has 1 N–H and O–H groups in total. The zero-order chi connectivity index (χ0) is 24.7. The fourth-order valence-electron chi connectivity index (χ4n) is 3.86. The van der Waals surface area contributed by atoms with Gasteiger partial charge in [0.2, 0.25) is 5.91 Å². The van der Waals surface area contributed by atoms with Crippen molar-refractivity contribution in [3.05, 3.63) is 68.9 Å². The molecule has 1 unspecified atom stereocenters. The summed E-state index contributed by atoms with van der Waals surface area (Å²) in [5.74, 6) is 1.08. The fraction of sp³-hybridized carbons (Fsp3) is 0.423. The summed E-state index contributed by atoms with van der Waals surface area (Å²) in [7, 11) is 0. The maximum absolute atomic E-state index is 13.1. The van der Waals surface area contributed by atoms with Gasteiger partial charge in [-0.2, -0.15) is 0 Å². The lowest BCUT2D eigenvalue weighted by Crippen LogP contribution is -2.44. The first-order valence-corrected chi connectivity index (χ1v) is 11.8. The quantitative estimate of drug-likeness (QED) is 0.467. The third-order valence-corrected chi connectivity index (χ3v) is 5.76. The predicted octanol–water partition coefficient (Wildman–Crippen LogP) is 3.29. The minimum Gasteiger partial charge on any atom is -0.490 e. The molecule has 1 heterocycles. The lowest BCUT2D eigenvalue weighted by atomic mass is 10.1. The molecule has 0 spiro atoms. The Morgan fingerprint density at radius 2 is 1.71 bits per heavy atom. The first kappa shape index (κ1) is 25.1. The average Bonchev–Trinajstić information content (AvgIpc) is 2.83. The highest BCUT2D eigenvalue weighted by atomic mass is 16.5. The molecule has 34 heavy (non-hydrogen) atoms. The smallest absolute Gasteiger partial charge is 0.332 e. The fourth-order valence-corrected chi connectivity index (χ4v) is 3.86. The molecule has 0 aliphatic rings. The second-order valence-electron chi connectivity index (χ2n) is 8.07. The lowest BCUT2D eigenvalue weighted by Gasteiger charge is -2.17. The Balaban J connectivity index is 1.76. The zero-order valence-electron chi connectivity index (χ0n) is 20.3. The van der Waals surface area contributed by atoms with Crippen molar-refractivity contribution in [3.8, 4) is 11.5 Å². The van der Waals surface area contributed by atoms with Crippen LogP contribution in [0, 0.1) is 0 Å². The Kier molecular flexibility index (Phi) is 8.51. The SMILES string of the molecule is CCOc1ccc(CCNC(=O)Cn2c(=O)n(C(C)CC)c(=O)c3ccccc32)cc1OCC. The summed E-state index contributed by atoms with van der Waals surface area (Å²) in [6.45, 7) is 8.90. The molecular formula is C26H33N3O5. The number of ether oxygens (including phenoxy) is 2. The Morgan fingerprint density at radius 3 is 2.41 bits per heavy atom. The average molecular weight is 468 g/mol. The van der Waals surface area contributed by atoms with Crippen LogP contribution >= 0.6 is 0 Å². The Morgan fingerprint density at radius 1 is 1.00 bits per heavy atom. The molecular weight excluding hydrogens is 434 g/mol. The van der Waals surface area contributed by atoms with Gasteiger partial charge >= 0.3 is 5.69 Å². The first-order chi connectivity index (χ1) is 16.4. The van der Waals surface area contributed by atoms with Crippen LogP contribution in [0.2, 0.25) is 0 Å². The molecule has 0 saturated heterocycles. The predicted molar refractivity (Wildman–Crippen MR) is 133 cm³/mol. The monoisotopic (exact) mass is 467 g/mol. The maximum Gasteiger partial charge on any atom is 0.332 e. The molecule has 1 atom stereocenters. The van der Waals surface area contributed by atoms with Crippen molar-refractivity contribution in [3.63, 3.8) is 0 Å². The van der Waals surface area contributed by atoms with Gasteiger partial charge in [0, 0.05) is 12.6 Å². The lowest BCUT2D eigenvalue weighted by molar-refractivity contribution is -0.121. The van der Waals surface area contributed by atoms with Crippen LogP contribution in [0.25, 0.3) is 10.9 Å². The van der Waals surface area contributed by atoms with Crippen LogP contribution in [-0.4, -0.2) is 34.8 Å². The van der Waals surface area contributed by atoms with Gasteiger partial charge in [-0.15, -0.1) is 0 Å². The van der Waals surface area contributed by atoms with Gasteiger partial charge in [-0.3, -0.25) is 18.7 Å². The van der Waals surface area contributed by atoms with Crippen molar-refractivity contribution < 1.29 is 14.3 Å². The van der Waals surface area contributed by atoms with E-state index in [-0.39, 0.29) is 24.1 Å².